The van der Waals surface area contributed by atoms with E-state index in [1.165, 1.54) is 0 Å². The molecule has 1 aliphatic heterocycles. The van der Waals surface area contributed by atoms with E-state index in [1.807, 2.05) is 0 Å². The van der Waals surface area contributed by atoms with Gasteiger partial charge in [-0.3, -0.25) is 0 Å². The monoisotopic (exact) mass is 814 g/mol. The lowest BCUT2D eigenvalue weighted by atomic mass is 9.85. The van der Waals surface area contributed by atoms with E-state index < -0.39 is 0 Å². The van der Waals surface area contributed by atoms with Crippen molar-refractivity contribution in [2.24, 2.45) is 11.8 Å². The Morgan fingerprint density at radius 2 is 0.918 bits per heavy atom. The molecule has 2 fully saturated rings. The van der Waals surface area contributed by atoms with E-state index in [0.29, 0.717) is 34.5 Å². The molecule has 8 nitrogen and oxygen atoms in total. The third-order valence-electron chi connectivity index (χ3n) is 12.4. The highest BCUT2D eigenvalue weighted by Gasteiger charge is 2.28. The number of benzene rings is 6. The lowest BCUT2D eigenvalue weighted by Gasteiger charge is -2.26. The summed E-state index contributed by atoms with van der Waals surface area (Å²) in [6.07, 6.45) is 15.8. The molecular weight excluding hydrogens is 765 g/mol. The third kappa shape index (κ3) is 8.71. The summed E-state index contributed by atoms with van der Waals surface area (Å²) in [5.74, 6) is 3.15. The van der Waals surface area contributed by atoms with Crippen molar-refractivity contribution in [1.29, 1.82) is 0 Å². The maximum Gasteiger partial charge on any atom is 0.338 e. The molecule has 0 unspecified atom stereocenters. The summed E-state index contributed by atoms with van der Waals surface area (Å²) in [5.41, 5.74) is 5.15. The zero-order chi connectivity index (χ0) is 41.7. The third-order valence-corrected chi connectivity index (χ3v) is 12.4. The molecule has 9 rings (SSSR count). The Bertz CT molecular complexity index is 2410. The quantitative estimate of drug-likeness (QED) is 0.126. The van der Waals surface area contributed by atoms with Crippen molar-refractivity contribution in [3.63, 3.8) is 0 Å². The second-order valence-corrected chi connectivity index (χ2v) is 16.2. The van der Waals surface area contributed by atoms with Crippen LogP contribution in [0.1, 0.15) is 83.2 Å². The molecule has 2 aliphatic carbocycles. The normalized spacial score (nSPS) is 20.0. The number of fused-ring (bicyclic) bond motifs is 7. The van der Waals surface area contributed by atoms with Crippen LogP contribution in [0.3, 0.4) is 0 Å². The largest absolute Gasteiger partial charge is 0.497 e. The van der Waals surface area contributed by atoms with Crippen LogP contribution >= 0.6 is 0 Å². The summed E-state index contributed by atoms with van der Waals surface area (Å²) in [4.78, 5) is 25.7. The summed E-state index contributed by atoms with van der Waals surface area (Å²) in [6.45, 7) is 0.0771. The SMILES string of the molecule is COc1ccc(C(=O)OC2CCC(/C=C/c3cc4ccccc4c4c3OCOc3c(/C=C/C5CCC(OC(=O)c6ccc(OC)cc6)CC5)cc5ccccc5c3-4)CC2)cc1. The van der Waals surface area contributed by atoms with Crippen LogP contribution in [0.2, 0.25) is 0 Å². The molecule has 6 aromatic rings. The van der Waals surface area contributed by atoms with Gasteiger partial charge in [0.05, 0.1) is 25.3 Å². The molecular formula is C53H50O8. The molecule has 8 heteroatoms. The number of hydrogen-bond donors (Lipinski definition) is 0. The predicted molar refractivity (Wildman–Crippen MR) is 239 cm³/mol. The van der Waals surface area contributed by atoms with Gasteiger partial charge in [-0.2, -0.15) is 0 Å². The van der Waals surface area contributed by atoms with Gasteiger partial charge in [-0.05, 0) is 145 Å². The summed E-state index contributed by atoms with van der Waals surface area (Å²) in [6, 6.07) is 35.5. The minimum atomic E-state index is -0.292. The molecule has 0 N–H and O–H groups in total. The van der Waals surface area contributed by atoms with Crippen molar-refractivity contribution >= 4 is 45.6 Å². The molecule has 0 bridgehead atoms. The first-order valence-electron chi connectivity index (χ1n) is 21.4. The molecule has 0 atom stereocenters. The second-order valence-electron chi connectivity index (χ2n) is 16.2. The minimum Gasteiger partial charge on any atom is -0.497 e. The number of esters is 2. The molecule has 61 heavy (non-hydrogen) atoms. The van der Waals surface area contributed by atoms with Crippen molar-refractivity contribution in [2.45, 2.75) is 63.6 Å². The first-order valence-corrected chi connectivity index (χ1v) is 21.4. The summed E-state index contributed by atoms with van der Waals surface area (Å²) >= 11 is 0. The summed E-state index contributed by atoms with van der Waals surface area (Å²) in [5, 5.41) is 4.46. The highest BCUT2D eigenvalue weighted by Crippen LogP contribution is 2.50. The van der Waals surface area contributed by atoms with Crippen molar-refractivity contribution in [3.8, 4) is 34.1 Å². The summed E-state index contributed by atoms with van der Waals surface area (Å²) in [7, 11) is 3.22. The van der Waals surface area contributed by atoms with Crippen LogP contribution in [-0.4, -0.2) is 45.2 Å². The Morgan fingerprint density at radius 3 is 1.31 bits per heavy atom. The van der Waals surface area contributed by atoms with Gasteiger partial charge in [-0.15, -0.1) is 0 Å². The first-order chi connectivity index (χ1) is 29.9. The Morgan fingerprint density at radius 1 is 0.525 bits per heavy atom. The average molecular weight is 815 g/mol. The Labute approximate surface area is 356 Å². The number of allylic oxidation sites excluding steroid dienone is 2. The fourth-order valence-corrected chi connectivity index (χ4v) is 9.07. The van der Waals surface area contributed by atoms with E-state index in [9.17, 15) is 9.59 Å². The maximum absolute atomic E-state index is 12.8. The average Bonchev–Trinajstić information content (AvgIpc) is 3.52. The van der Waals surface area contributed by atoms with Gasteiger partial charge in [0.25, 0.3) is 0 Å². The van der Waals surface area contributed by atoms with Gasteiger partial charge in [-0.25, -0.2) is 9.59 Å². The van der Waals surface area contributed by atoms with Crippen LogP contribution in [0.25, 0.3) is 44.8 Å². The zero-order valence-corrected chi connectivity index (χ0v) is 34.6. The molecule has 0 amide bonds. The smallest absolute Gasteiger partial charge is 0.338 e. The van der Waals surface area contributed by atoms with Gasteiger partial charge >= 0.3 is 11.9 Å². The van der Waals surface area contributed by atoms with Gasteiger partial charge in [0.1, 0.15) is 35.2 Å². The van der Waals surface area contributed by atoms with Crippen molar-refractivity contribution in [3.05, 3.63) is 144 Å². The molecule has 0 radical (unpaired) electrons. The van der Waals surface area contributed by atoms with Crippen LogP contribution in [0.15, 0.2) is 121 Å². The van der Waals surface area contributed by atoms with Crippen LogP contribution in [-0.2, 0) is 9.47 Å². The standard InChI is InChI=1S/C53H50O8/c1-56-42-27-19-36(20-28-42)52(54)60-44-23-13-34(14-24-44)11-17-40-31-38-7-3-5-9-46(38)48-49-47-10-6-4-8-39(47)32-41(51(49)59-33-58-50(40)48)18-12-35-15-25-45(26-16-35)61-53(55)37-21-29-43(57-2)30-22-37/h3-12,17-22,27-32,34-35,44-45H,13-16,23-26,33H2,1-2H3/b17-11+,18-12+. The predicted octanol–water partition coefficient (Wildman–Crippen LogP) is 12.3. The van der Waals surface area contributed by atoms with Gasteiger partial charge in [0, 0.05) is 22.3 Å². The van der Waals surface area contributed by atoms with E-state index in [-0.39, 0.29) is 30.9 Å². The van der Waals surface area contributed by atoms with Gasteiger partial charge < -0.3 is 28.4 Å². The first kappa shape index (κ1) is 39.9. The highest BCUT2D eigenvalue weighted by molar-refractivity contribution is 6.12. The number of ether oxygens (including phenoxy) is 6. The molecule has 3 aliphatic rings. The molecule has 1 heterocycles. The molecule has 0 aromatic heterocycles. The molecule has 310 valence electrons. The highest BCUT2D eigenvalue weighted by atomic mass is 16.7. The van der Waals surface area contributed by atoms with E-state index in [4.69, 9.17) is 28.4 Å². The van der Waals surface area contributed by atoms with Crippen LogP contribution in [0.4, 0.5) is 0 Å². The fraction of sp³-hybridized carbons (Fsp3) is 0.283. The van der Waals surface area contributed by atoms with E-state index in [0.717, 1.165) is 107 Å². The van der Waals surface area contributed by atoms with Crippen molar-refractivity contribution in [1.82, 2.24) is 0 Å². The molecule has 2 saturated carbocycles. The lowest BCUT2D eigenvalue weighted by Crippen LogP contribution is -2.24. The van der Waals surface area contributed by atoms with Crippen LogP contribution in [0.5, 0.6) is 23.0 Å². The summed E-state index contributed by atoms with van der Waals surface area (Å²) < 4.78 is 35.5. The van der Waals surface area contributed by atoms with E-state index in [1.54, 1.807) is 62.8 Å². The second kappa shape index (κ2) is 18.0. The zero-order valence-electron chi connectivity index (χ0n) is 34.6. The fourth-order valence-electron chi connectivity index (χ4n) is 9.07. The lowest BCUT2D eigenvalue weighted by molar-refractivity contribution is 0.0176. The van der Waals surface area contributed by atoms with Crippen LogP contribution in [0, 0.1) is 11.8 Å². The number of carbonyl (C=O) groups is 2. The number of carbonyl (C=O) groups excluding carboxylic acids is 2. The van der Waals surface area contributed by atoms with E-state index in [2.05, 4.69) is 85.0 Å². The number of hydrogen-bond acceptors (Lipinski definition) is 8. The maximum atomic E-state index is 12.8. The Kier molecular flexibility index (Phi) is 11.8. The molecule has 0 saturated heterocycles. The Hall–Kier alpha value is -6.54. The number of methoxy groups -OCH3 is 2. The topological polar surface area (TPSA) is 89.5 Å². The number of rotatable bonds is 10. The minimum absolute atomic E-state index is 0.0771. The van der Waals surface area contributed by atoms with Gasteiger partial charge in [0.15, 0.2) is 0 Å². The van der Waals surface area contributed by atoms with Crippen molar-refractivity contribution < 1.29 is 38.0 Å². The van der Waals surface area contributed by atoms with Gasteiger partial charge in [0.2, 0.25) is 6.79 Å². The Balaban J connectivity index is 0.946. The van der Waals surface area contributed by atoms with Crippen LogP contribution < -0.4 is 18.9 Å². The molecule has 6 aromatic carbocycles. The van der Waals surface area contributed by atoms with Crippen molar-refractivity contribution in [2.75, 3.05) is 21.0 Å². The molecule has 0 spiro atoms. The van der Waals surface area contributed by atoms with E-state index >= 15 is 0 Å². The van der Waals surface area contributed by atoms with Gasteiger partial charge in [-0.1, -0.05) is 72.8 Å².